The maximum absolute atomic E-state index is 3.92. The second-order valence-electron chi connectivity index (χ2n) is 10.7. The molecule has 0 amide bonds. The average molecular weight is 520 g/mol. The quantitative estimate of drug-likeness (QED) is 0.316. The third-order valence-corrected chi connectivity index (χ3v) is 12.7. The van der Waals surface area contributed by atoms with E-state index in [1.807, 2.05) is 34.0 Å². The molecule has 2 atom stereocenters. The van der Waals surface area contributed by atoms with E-state index in [1.165, 1.54) is 49.7 Å². The Morgan fingerprint density at radius 2 is 1.47 bits per heavy atom. The molecule has 4 heteroatoms. The lowest BCUT2D eigenvalue weighted by atomic mass is 9.73. The Labute approximate surface area is 201 Å². The van der Waals surface area contributed by atoms with E-state index in [-0.39, 0.29) is 0 Å². The van der Waals surface area contributed by atoms with Gasteiger partial charge in [-0.25, -0.2) is 0 Å². The van der Waals surface area contributed by atoms with Crippen LogP contribution in [0.2, 0.25) is 0 Å². The van der Waals surface area contributed by atoms with Crippen LogP contribution >= 0.6 is 49.9 Å². The van der Waals surface area contributed by atoms with E-state index in [1.54, 1.807) is 20.9 Å². The van der Waals surface area contributed by atoms with Crippen LogP contribution in [0.1, 0.15) is 99.9 Å². The van der Waals surface area contributed by atoms with Gasteiger partial charge in [0, 0.05) is 28.9 Å². The Bertz CT molecular complexity index is 1110. The van der Waals surface area contributed by atoms with Crippen molar-refractivity contribution in [3.63, 3.8) is 0 Å². The van der Waals surface area contributed by atoms with Crippen molar-refractivity contribution < 1.29 is 0 Å². The van der Waals surface area contributed by atoms with Crippen LogP contribution in [-0.2, 0) is 10.8 Å². The molecule has 30 heavy (non-hydrogen) atoms. The Morgan fingerprint density at radius 1 is 0.800 bits per heavy atom. The van der Waals surface area contributed by atoms with Crippen LogP contribution in [0.3, 0.4) is 0 Å². The standard InChI is InChI=1S/C26H31BrS3/c1-14-7-10-26(5,6)24-16(14)11-19(30-24)20-13-18(27)23(28-20)21-12-17-22(29-21)15(2)8-9-25(17,3)4/h11-15H,7-10H2,1-6H3. The zero-order valence-corrected chi connectivity index (χ0v) is 22.9. The van der Waals surface area contributed by atoms with Gasteiger partial charge in [-0.2, -0.15) is 0 Å². The first-order valence-corrected chi connectivity index (χ1v) is 14.4. The molecule has 2 aliphatic carbocycles. The zero-order valence-electron chi connectivity index (χ0n) is 18.8. The highest BCUT2D eigenvalue weighted by Crippen LogP contribution is 2.54. The van der Waals surface area contributed by atoms with Gasteiger partial charge in [-0.1, -0.05) is 41.5 Å². The molecular formula is C26H31BrS3. The van der Waals surface area contributed by atoms with Crippen molar-refractivity contribution in [3.05, 3.63) is 43.6 Å². The van der Waals surface area contributed by atoms with Gasteiger partial charge >= 0.3 is 0 Å². The van der Waals surface area contributed by atoms with Gasteiger partial charge in [-0.15, -0.1) is 34.0 Å². The van der Waals surface area contributed by atoms with Gasteiger partial charge in [0.2, 0.25) is 0 Å². The zero-order chi connectivity index (χ0) is 21.4. The first kappa shape index (κ1) is 21.4. The largest absolute Gasteiger partial charge is 0.139 e. The number of hydrogen-bond donors (Lipinski definition) is 0. The fourth-order valence-electron chi connectivity index (χ4n) is 5.18. The summed E-state index contributed by atoms with van der Waals surface area (Å²) in [5.74, 6) is 1.38. The molecule has 2 unspecified atom stereocenters. The highest BCUT2D eigenvalue weighted by atomic mass is 79.9. The van der Waals surface area contributed by atoms with Gasteiger partial charge in [0.05, 0.1) is 4.88 Å². The van der Waals surface area contributed by atoms with Crippen molar-refractivity contribution in [2.24, 2.45) is 0 Å². The Balaban J connectivity index is 1.56. The highest BCUT2D eigenvalue weighted by Gasteiger charge is 2.35. The molecule has 0 aliphatic heterocycles. The lowest BCUT2D eigenvalue weighted by Gasteiger charge is -2.33. The summed E-state index contributed by atoms with van der Waals surface area (Å²) in [6.07, 6.45) is 5.22. The van der Waals surface area contributed by atoms with Gasteiger partial charge in [-0.3, -0.25) is 0 Å². The van der Waals surface area contributed by atoms with E-state index in [0.29, 0.717) is 22.7 Å². The normalized spacial score (nSPS) is 24.5. The van der Waals surface area contributed by atoms with E-state index >= 15 is 0 Å². The SMILES string of the molecule is CC1CCC(C)(C)c2sc(-c3cc(Br)c(-c4cc5c(s4)C(C)CCC5(C)C)s3)cc21. The molecule has 2 aliphatic rings. The predicted octanol–water partition coefficient (Wildman–Crippen LogP) is 10.3. The van der Waals surface area contributed by atoms with E-state index in [4.69, 9.17) is 0 Å². The summed E-state index contributed by atoms with van der Waals surface area (Å²) in [6, 6.07) is 7.36. The van der Waals surface area contributed by atoms with Crippen LogP contribution in [0.5, 0.6) is 0 Å². The Hall–Kier alpha value is -0.420. The summed E-state index contributed by atoms with van der Waals surface area (Å²) in [4.78, 5) is 8.95. The number of fused-ring (bicyclic) bond motifs is 2. The molecule has 0 nitrogen and oxygen atoms in total. The fourth-order valence-corrected chi connectivity index (χ4v) is 10.2. The van der Waals surface area contributed by atoms with E-state index in [9.17, 15) is 0 Å². The Morgan fingerprint density at radius 3 is 2.17 bits per heavy atom. The van der Waals surface area contributed by atoms with E-state index in [2.05, 4.69) is 75.7 Å². The monoisotopic (exact) mass is 518 g/mol. The topological polar surface area (TPSA) is 0 Å². The highest BCUT2D eigenvalue weighted by molar-refractivity contribution is 9.10. The van der Waals surface area contributed by atoms with E-state index in [0.717, 1.165) is 0 Å². The first-order chi connectivity index (χ1) is 14.1. The maximum Gasteiger partial charge on any atom is 0.0591 e. The third-order valence-electron chi connectivity index (χ3n) is 7.40. The second-order valence-corrected chi connectivity index (χ2v) is 14.8. The summed E-state index contributed by atoms with van der Waals surface area (Å²) in [5, 5.41) is 0. The van der Waals surface area contributed by atoms with Crippen molar-refractivity contribution in [2.45, 2.75) is 89.9 Å². The summed E-state index contributed by atoms with van der Waals surface area (Å²) < 4.78 is 1.25. The molecular weight excluding hydrogens is 488 g/mol. The van der Waals surface area contributed by atoms with Gasteiger partial charge in [0.15, 0.2) is 0 Å². The maximum atomic E-state index is 3.92. The van der Waals surface area contributed by atoms with Gasteiger partial charge in [-0.05, 0) is 93.6 Å². The van der Waals surface area contributed by atoms with Crippen LogP contribution in [-0.4, -0.2) is 0 Å². The molecule has 3 heterocycles. The molecule has 0 fully saturated rings. The van der Waals surface area contributed by atoms with Crippen molar-refractivity contribution >= 4 is 49.9 Å². The lowest BCUT2D eigenvalue weighted by Crippen LogP contribution is -2.23. The number of rotatable bonds is 2. The number of thiophene rings is 3. The van der Waals surface area contributed by atoms with Crippen molar-refractivity contribution in [1.82, 2.24) is 0 Å². The fraction of sp³-hybridized carbons (Fsp3) is 0.538. The molecule has 0 aromatic carbocycles. The summed E-state index contributed by atoms with van der Waals surface area (Å²) in [5.41, 5.74) is 3.80. The lowest BCUT2D eigenvalue weighted by molar-refractivity contribution is 0.408. The summed E-state index contributed by atoms with van der Waals surface area (Å²) in [6.45, 7) is 14.5. The molecule has 3 aromatic heterocycles. The minimum absolute atomic E-state index is 0.303. The number of hydrogen-bond acceptors (Lipinski definition) is 3. The summed E-state index contributed by atoms with van der Waals surface area (Å²) >= 11 is 9.95. The minimum Gasteiger partial charge on any atom is -0.139 e. The van der Waals surface area contributed by atoms with Gasteiger partial charge in [0.1, 0.15) is 0 Å². The molecule has 3 aromatic rings. The van der Waals surface area contributed by atoms with Crippen molar-refractivity contribution in [3.8, 4) is 19.5 Å². The molecule has 0 saturated heterocycles. The van der Waals surface area contributed by atoms with E-state index < -0.39 is 0 Å². The molecule has 0 saturated carbocycles. The number of halogens is 1. The van der Waals surface area contributed by atoms with Crippen LogP contribution in [0, 0.1) is 0 Å². The predicted molar refractivity (Wildman–Crippen MR) is 140 cm³/mol. The van der Waals surface area contributed by atoms with Crippen LogP contribution in [0.4, 0.5) is 0 Å². The van der Waals surface area contributed by atoms with Crippen molar-refractivity contribution in [1.29, 1.82) is 0 Å². The van der Waals surface area contributed by atoms with Crippen LogP contribution < -0.4 is 0 Å². The van der Waals surface area contributed by atoms with Gasteiger partial charge in [0.25, 0.3) is 0 Å². The Kier molecular flexibility index (Phi) is 5.21. The summed E-state index contributed by atoms with van der Waals surface area (Å²) in [7, 11) is 0. The molecule has 0 spiro atoms. The van der Waals surface area contributed by atoms with Gasteiger partial charge < -0.3 is 0 Å². The van der Waals surface area contributed by atoms with Crippen LogP contribution in [0.15, 0.2) is 22.7 Å². The third kappa shape index (κ3) is 3.41. The van der Waals surface area contributed by atoms with Crippen LogP contribution in [0.25, 0.3) is 19.5 Å². The smallest absolute Gasteiger partial charge is 0.0591 e. The average Bonchev–Trinajstić information content (AvgIpc) is 3.38. The second kappa shape index (κ2) is 7.30. The minimum atomic E-state index is 0.303. The molecule has 5 rings (SSSR count). The molecule has 0 N–H and O–H groups in total. The molecule has 160 valence electrons. The van der Waals surface area contributed by atoms with Crippen molar-refractivity contribution in [2.75, 3.05) is 0 Å². The first-order valence-electron chi connectivity index (χ1n) is 11.2. The molecule has 0 bridgehead atoms. The molecule has 0 radical (unpaired) electrons.